The molecule has 212 valence electrons. The van der Waals surface area contributed by atoms with Gasteiger partial charge in [-0.25, -0.2) is 0 Å². The molecule has 0 fully saturated rings. The molecule has 2 heterocycles. The summed E-state index contributed by atoms with van der Waals surface area (Å²) in [7, 11) is 0. The van der Waals surface area contributed by atoms with Crippen LogP contribution in [0.25, 0.3) is 0 Å². The first-order valence-corrected chi connectivity index (χ1v) is 14.9. The third-order valence-corrected chi connectivity index (χ3v) is 7.45. The number of allylic oxidation sites excluding steroid dienone is 1. The highest BCUT2D eigenvalue weighted by molar-refractivity contribution is 5.56. The number of para-hydroxylation sites is 2. The Bertz CT molecular complexity index is 1450. The first-order chi connectivity index (χ1) is 20.1. The average Bonchev–Trinajstić information content (AvgIpc) is 3.01. The number of anilines is 2. The zero-order chi connectivity index (χ0) is 28.6. The van der Waals surface area contributed by atoms with Crippen molar-refractivity contribution in [3.05, 3.63) is 131 Å². The van der Waals surface area contributed by atoms with Crippen LogP contribution in [-0.2, 0) is 32.4 Å². The minimum atomic E-state index is 0.559. The Labute approximate surface area is 245 Å². The number of hydrogen-bond donors (Lipinski definition) is 0. The fourth-order valence-electron chi connectivity index (χ4n) is 5.67. The molecule has 0 aliphatic carbocycles. The van der Waals surface area contributed by atoms with E-state index in [4.69, 9.17) is 9.47 Å². The summed E-state index contributed by atoms with van der Waals surface area (Å²) in [5, 5.41) is 0. The van der Waals surface area contributed by atoms with Gasteiger partial charge in [0, 0.05) is 35.6 Å². The van der Waals surface area contributed by atoms with Crippen LogP contribution < -0.4 is 19.3 Å². The van der Waals surface area contributed by atoms with E-state index in [1.807, 2.05) is 6.08 Å². The second kappa shape index (κ2) is 13.5. The maximum atomic E-state index is 6.30. The Balaban J connectivity index is 0.00000108. The van der Waals surface area contributed by atoms with Crippen LogP contribution in [0.5, 0.6) is 11.5 Å². The van der Waals surface area contributed by atoms with Crippen molar-refractivity contribution in [1.29, 1.82) is 0 Å². The molecule has 0 bridgehead atoms. The lowest BCUT2D eigenvalue weighted by molar-refractivity contribution is 0.286. The molecule has 0 saturated heterocycles. The summed E-state index contributed by atoms with van der Waals surface area (Å²) in [5.74, 6) is 2.08. The molecule has 0 spiro atoms. The lowest BCUT2D eigenvalue weighted by Crippen LogP contribution is -2.32. The number of benzene rings is 4. The molecule has 4 nitrogen and oxygen atoms in total. The lowest BCUT2D eigenvalue weighted by Gasteiger charge is -2.33. The largest absolute Gasteiger partial charge is 0.472 e. The normalized spacial score (nSPS) is 13.6. The summed E-state index contributed by atoms with van der Waals surface area (Å²) in [4.78, 5) is 4.58. The predicted octanol–water partition coefficient (Wildman–Crippen LogP) is 8.70. The van der Waals surface area contributed by atoms with Gasteiger partial charge in [-0.15, -0.1) is 6.58 Å². The van der Waals surface area contributed by atoms with Crippen molar-refractivity contribution in [3.8, 4) is 11.5 Å². The van der Waals surface area contributed by atoms with Crippen molar-refractivity contribution in [2.24, 2.45) is 0 Å². The first kappa shape index (κ1) is 28.4. The standard InChI is InChI=1S/C34H34N2O2.C3H8/c1-3-11-28-18-26(20-30-22-36(24-38-34(28)30)32-14-9-6-10-15-32)16-25-17-27(4-2)33-29(19-25)21-35(23-37-33)31-12-7-5-8-13-31;1-3-2/h3,5-10,12-15,17-20H,1,4,11,16,21-24H2,2H3;3H2,1-2H3. The van der Waals surface area contributed by atoms with Gasteiger partial charge in [0.25, 0.3) is 0 Å². The fourth-order valence-corrected chi connectivity index (χ4v) is 5.67. The SMILES string of the molecule is C=CCc1cc(Cc2cc(CC)c3c(c2)CN(c2ccccc2)CO3)cc2c1OCN(c1ccccc1)C2.CCC. The van der Waals surface area contributed by atoms with Gasteiger partial charge in [-0.2, -0.15) is 0 Å². The van der Waals surface area contributed by atoms with Gasteiger partial charge < -0.3 is 19.3 Å². The summed E-state index contributed by atoms with van der Waals surface area (Å²) in [6, 6.07) is 30.3. The van der Waals surface area contributed by atoms with Gasteiger partial charge in [0.05, 0.1) is 0 Å². The second-order valence-corrected chi connectivity index (χ2v) is 10.8. The van der Waals surface area contributed by atoms with Crippen molar-refractivity contribution in [1.82, 2.24) is 0 Å². The summed E-state index contributed by atoms with van der Waals surface area (Å²) in [6.07, 6.45) is 5.84. The lowest BCUT2D eigenvalue weighted by atomic mass is 9.93. The van der Waals surface area contributed by atoms with Crippen LogP contribution in [-0.4, -0.2) is 13.5 Å². The molecule has 0 atom stereocenters. The zero-order valence-corrected chi connectivity index (χ0v) is 24.7. The molecule has 2 aliphatic heterocycles. The molecule has 41 heavy (non-hydrogen) atoms. The van der Waals surface area contributed by atoms with Crippen LogP contribution in [0.4, 0.5) is 11.4 Å². The highest BCUT2D eigenvalue weighted by Gasteiger charge is 2.23. The first-order valence-electron chi connectivity index (χ1n) is 14.9. The Morgan fingerprint density at radius 1 is 0.683 bits per heavy atom. The van der Waals surface area contributed by atoms with E-state index < -0.39 is 0 Å². The van der Waals surface area contributed by atoms with Crippen LogP contribution in [0.2, 0.25) is 0 Å². The van der Waals surface area contributed by atoms with Crippen LogP contribution in [0.15, 0.2) is 97.6 Å². The molecule has 0 radical (unpaired) electrons. The number of hydrogen-bond acceptors (Lipinski definition) is 4. The predicted molar refractivity (Wildman–Crippen MR) is 171 cm³/mol. The zero-order valence-electron chi connectivity index (χ0n) is 24.7. The van der Waals surface area contributed by atoms with Crippen molar-refractivity contribution in [2.75, 3.05) is 23.3 Å². The molecular weight excluding hydrogens is 504 g/mol. The van der Waals surface area contributed by atoms with E-state index in [2.05, 4.69) is 122 Å². The minimum Gasteiger partial charge on any atom is -0.472 e. The van der Waals surface area contributed by atoms with Crippen molar-refractivity contribution in [3.63, 3.8) is 0 Å². The third kappa shape index (κ3) is 6.59. The van der Waals surface area contributed by atoms with E-state index >= 15 is 0 Å². The van der Waals surface area contributed by atoms with Crippen LogP contribution >= 0.6 is 0 Å². The molecule has 4 heteroatoms. The molecule has 0 N–H and O–H groups in total. The van der Waals surface area contributed by atoms with E-state index in [0.717, 1.165) is 43.9 Å². The van der Waals surface area contributed by atoms with Gasteiger partial charge in [0.1, 0.15) is 11.5 Å². The summed E-state index contributed by atoms with van der Waals surface area (Å²) >= 11 is 0. The molecule has 0 aromatic heterocycles. The molecule has 4 aromatic carbocycles. The number of nitrogens with zero attached hydrogens (tertiary/aromatic N) is 2. The minimum absolute atomic E-state index is 0.559. The monoisotopic (exact) mass is 546 g/mol. The van der Waals surface area contributed by atoms with Gasteiger partial charge in [-0.3, -0.25) is 0 Å². The average molecular weight is 547 g/mol. The highest BCUT2D eigenvalue weighted by atomic mass is 16.5. The van der Waals surface area contributed by atoms with Gasteiger partial charge in [0.15, 0.2) is 13.5 Å². The highest BCUT2D eigenvalue weighted by Crippen LogP contribution is 2.36. The van der Waals surface area contributed by atoms with E-state index in [-0.39, 0.29) is 0 Å². The van der Waals surface area contributed by atoms with E-state index in [1.165, 1.54) is 51.2 Å². The van der Waals surface area contributed by atoms with Crippen molar-refractivity contribution >= 4 is 11.4 Å². The Morgan fingerprint density at radius 2 is 1.15 bits per heavy atom. The van der Waals surface area contributed by atoms with E-state index in [0.29, 0.717) is 13.5 Å². The van der Waals surface area contributed by atoms with Gasteiger partial charge in [-0.05, 0) is 77.9 Å². The van der Waals surface area contributed by atoms with Crippen molar-refractivity contribution in [2.45, 2.75) is 59.5 Å². The quantitative estimate of drug-likeness (QED) is 0.217. The molecule has 6 rings (SSSR count). The molecule has 2 aliphatic rings. The van der Waals surface area contributed by atoms with Gasteiger partial charge >= 0.3 is 0 Å². The summed E-state index contributed by atoms with van der Waals surface area (Å²) in [6.45, 7) is 13.3. The Hall–Kier alpha value is -4.18. The third-order valence-electron chi connectivity index (χ3n) is 7.45. The number of fused-ring (bicyclic) bond motifs is 2. The van der Waals surface area contributed by atoms with Gasteiger partial charge in [-0.1, -0.05) is 81.8 Å². The van der Waals surface area contributed by atoms with Crippen LogP contribution in [0.3, 0.4) is 0 Å². The maximum Gasteiger partial charge on any atom is 0.161 e. The Morgan fingerprint density at radius 3 is 1.61 bits per heavy atom. The van der Waals surface area contributed by atoms with Crippen LogP contribution in [0, 0.1) is 0 Å². The molecule has 4 aromatic rings. The van der Waals surface area contributed by atoms with Gasteiger partial charge in [0.2, 0.25) is 0 Å². The second-order valence-electron chi connectivity index (χ2n) is 10.8. The summed E-state index contributed by atoms with van der Waals surface area (Å²) < 4.78 is 12.6. The van der Waals surface area contributed by atoms with Crippen molar-refractivity contribution < 1.29 is 9.47 Å². The number of rotatable bonds is 7. The van der Waals surface area contributed by atoms with E-state index in [9.17, 15) is 0 Å². The molecular formula is C37H42N2O2. The number of aryl methyl sites for hydroxylation is 1. The molecule has 0 unspecified atom stereocenters. The van der Waals surface area contributed by atoms with Crippen LogP contribution in [0.1, 0.15) is 60.6 Å². The fraction of sp³-hybridized carbons (Fsp3) is 0.297. The smallest absolute Gasteiger partial charge is 0.161 e. The maximum absolute atomic E-state index is 6.30. The molecule has 0 amide bonds. The van der Waals surface area contributed by atoms with E-state index in [1.54, 1.807) is 0 Å². The Kier molecular flexibility index (Phi) is 9.30. The molecule has 0 saturated carbocycles. The number of ether oxygens (including phenoxy) is 2. The summed E-state index contributed by atoms with van der Waals surface area (Å²) in [5.41, 5.74) is 9.99. The topological polar surface area (TPSA) is 24.9 Å².